The molecule has 0 saturated carbocycles. The number of aryl methyl sites for hydroxylation is 1. The quantitative estimate of drug-likeness (QED) is 0.635. The van der Waals surface area contributed by atoms with Gasteiger partial charge in [-0.1, -0.05) is 30.3 Å². The lowest BCUT2D eigenvalue weighted by molar-refractivity contribution is -0.870. The van der Waals surface area contributed by atoms with Gasteiger partial charge in [-0.3, -0.25) is 4.79 Å². The number of rotatable bonds is 6. The Hall–Kier alpha value is -1.87. The van der Waals surface area contributed by atoms with Gasteiger partial charge in [-0.2, -0.15) is 0 Å². The molecule has 2 rings (SSSR count). The fraction of sp³-hybridized carbons (Fsp3) is 0.353. The molecule has 20 heavy (non-hydrogen) atoms. The SMILES string of the molecule is C[N+](C)(C)CCCc1cc(-c2ccccc2)[nH]c1C=O. The molecule has 0 aliphatic rings. The number of benzene rings is 1. The maximum atomic E-state index is 11.2. The smallest absolute Gasteiger partial charge is 0.166 e. The third-order valence-electron chi connectivity index (χ3n) is 3.41. The number of H-pyrrole nitrogens is 1. The van der Waals surface area contributed by atoms with Gasteiger partial charge in [0, 0.05) is 12.1 Å². The lowest BCUT2D eigenvalue weighted by Gasteiger charge is -2.23. The molecule has 1 heterocycles. The third-order valence-corrected chi connectivity index (χ3v) is 3.41. The van der Waals surface area contributed by atoms with Crippen molar-refractivity contribution >= 4 is 6.29 Å². The zero-order chi connectivity index (χ0) is 14.6. The van der Waals surface area contributed by atoms with Gasteiger partial charge < -0.3 is 9.47 Å². The van der Waals surface area contributed by atoms with Crippen LogP contribution in [-0.4, -0.2) is 43.4 Å². The second-order valence-corrected chi connectivity index (χ2v) is 6.22. The van der Waals surface area contributed by atoms with E-state index < -0.39 is 0 Å². The fourth-order valence-corrected chi connectivity index (χ4v) is 2.34. The van der Waals surface area contributed by atoms with Gasteiger partial charge in [-0.05, 0) is 23.6 Å². The van der Waals surface area contributed by atoms with Gasteiger partial charge in [-0.25, -0.2) is 0 Å². The van der Waals surface area contributed by atoms with E-state index in [1.54, 1.807) is 0 Å². The molecule has 1 aromatic carbocycles. The first-order chi connectivity index (χ1) is 9.49. The van der Waals surface area contributed by atoms with Crippen LogP contribution in [0.3, 0.4) is 0 Å². The molecule has 106 valence electrons. The molecule has 1 N–H and O–H groups in total. The maximum Gasteiger partial charge on any atom is 0.166 e. The van der Waals surface area contributed by atoms with E-state index in [-0.39, 0.29) is 0 Å². The number of aromatic nitrogens is 1. The van der Waals surface area contributed by atoms with Crippen molar-refractivity contribution in [2.45, 2.75) is 12.8 Å². The first-order valence-corrected chi connectivity index (χ1v) is 7.02. The Kier molecular flexibility index (Phi) is 4.40. The van der Waals surface area contributed by atoms with E-state index in [2.05, 4.69) is 44.3 Å². The van der Waals surface area contributed by atoms with Gasteiger partial charge in [0.2, 0.25) is 0 Å². The van der Waals surface area contributed by atoms with Gasteiger partial charge in [0.05, 0.1) is 33.4 Å². The zero-order valence-electron chi connectivity index (χ0n) is 12.5. The minimum Gasteiger partial charge on any atom is -0.352 e. The highest BCUT2D eigenvalue weighted by Crippen LogP contribution is 2.22. The summed E-state index contributed by atoms with van der Waals surface area (Å²) in [6, 6.07) is 12.2. The van der Waals surface area contributed by atoms with Crippen molar-refractivity contribution in [2.24, 2.45) is 0 Å². The molecular formula is C17H23N2O+. The Bertz CT molecular complexity index is 564. The molecule has 0 unspecified atom stereocenters. The number of hydrogen-bond acceptors (Lipinski definition) is 1. The van der Waals surface area contributed by atoms with E-state index in [0.717, 1.165) is 47.0 Å². The van der Waals surface area contributed by atoms with Crippen LogP contribution in [-0.2, 0) is 6.42 Å². The number of nitrogens with one attached hydrogen (secondary N) is 1. The lowest BCUT2D eigenvalue weighted by Crippen LogP contribution is -2.35. The Balaban J connectivity index is 2.13. The Morgan fingerprint density at radius 3 is 2.45 bits per heavy atom. The number of aldehydes is 1. The Morgan fingerprint density at radius 2 is 1.85 bits per heavy atom. The number of carbonyl (C=O) groups is 1. The van der Waals surface area contributed by atoms with E-state index in [0.29, 0.717) is 5.69 Å². The van der Waals surface area contributed by atoms with Gasteiger partial charge in [0.25, 0.3) is 0 Å². The first-order valence-electron chi connectivity index (χ1n) is 7.02. The van der Waals surface area contributed by atoms with E-state index >= 15 is 0 Å². The summed E-state index contributed by atoms with van der Waals surface area (Å²) >= 11 is 0. The van der Waals surface area contributed by atoms with Crippen molar-refractivity contribution in [3.8, 4) is 11.3 Å². The summed E-state index contributed by atoms with van der Waals surface area (Å²) in [5, 5.41) is 0. The van der Waals surface area contributed by atoms with Crippen molar-refractivity contribution in [3.63, 3.8) is 0 Å². The van der Waals surface area contributed by atoms with E-state index in [4.69, 9.17) is 0 Å². The third kappa shape index (κ3) is 3.81. The molecule has 0 aliphatic carbocycles. The Morgan fingerprint density at radius 1 is 1.15 bits per heavy atom. The normalized spacial score (nSPS) is 11.6. The first kappa shape index (κ1) is 14.5. The van der Waals surface area contributed by atoms with Gasteiger partial charge in [0.15, 0.2) is 6.29 Å². The molecule has 3 nitrogen and oxygen atoms in total. The molecule has 0 atom stereocenters. The second kappa shape index (κ2) is 6.06. The number of nitrogens with zero attached hydrogens (tertiary/aromatic N) is 1. The fourth-order valence-electron chi connectivity index (χ4n) is 2.34. The van der Waals surface area contributed by atoms with Crippen molar-refractivity contribution in [3.05, 3.63) is 47.7 Å². The van der Waals surface area contributed by atoms with E-state index in [1.165, 1.54) is 0 Å². The molecule has 3 heteroatoms. The highest BCUT2D eigenvalue weighted by molar-refractivity contribution is 5.78. The lowest BCUT2D eigenvalue weighted by atomic mass is 10.1. The monoisotopic (exact) mass is 271 g/mol. The average molecular weight is 271 g/mol. The molecule has 0 aliphatic heterocycles. The summed E-state index contributed by atoms with van der Waals surface area (Å²) in [6.45, 7) is 1.10. The summed E-state index contributed by atoms with van der Waals surface area (Å²) in [4.78, 5) is 14.4. The minimum absolute atomic E-state index is 0.713. The van der Waals surface area contributed by atoms with Crippen LogP contribution in [0.4, 0.5) is 0 Å². The zero-order valence-corrected chi connectivity index (χ0v) is 12.5. The summed E-state index contributed by atoms with van der Waals surface area (Å²) in [6.07, 6.45) is 2.94. The standard InChI is InChI=1S/C17H22N2O/c1-19(2,3)11-7-10-15-12-16(18-17(15)13-20)14-8-5-4-6-9-14/h4-6,8-9,12-13H,7,10-11H2,1-3H3/p+1. The van der Waals surface area contributed by atoms with Crippen molar-refractivity contribution in [2.75, 3.05) is 27.7 Å². The average Bonchev–Trinajstić information content (AvgIpc) is 2.82. The van der Waals surface area contributed by atoms with Crippen molar-refractivity contribution in [1.82, 2.24) is 4.98 Å². The summed E-state index contributed by atoms with van der Waals surface area (Å²) in [5.41, 5.74) is 3.97. The van der Waals surface area contributed by atoms with Crippen LogP contribution >= 0.6 is 0 Å². The molecule has 0 spiro atoms. The molecule has 0 fully saturated rings. The van der Waals surface area contributed by atoms with Crippen LogP contribution in [0, 0.1) is 0 Å². The predicted octanol–water partition coefficient (Wildman–Crippen LogP) is 3.13. The number of hydrogen-bond donors (Lipinski definition) is 1. The van der Waals surface area contributed by atoms with E-state index in [1.807, 2.05) is 18.2 Å². The summed E-state index contributed by atoms with van der Waals surface area (Å²) in [7, 11) is 6.56. The molecular weight excluding hydrogens is 248 g/mol. The second-order valence-electron chi connectivity index (χ2n) is 6.22. The van der Waals surface area contributed by atoms with Gasteiger partial charge in [0.1, 0.15) is 0 Å². The van der Waals surface area contributed by atoms with Crippen LogP contribution < -0.4 is 0 Å². The largest absolute Gasteiger partial charge is 0.352 e. The van der Waals surface area contributed by atoms with Crippen LogP contribution in [0.25, 0.3) is 11.3 Å². The number of carbonyl (C=O) groups excluding carboxylic acids is 1. The number of quaternary nitrogens is 1. The predicted molar refractivity (Wildman–Crippen MR) is 82.8 cm³/mol. The number of aromatic amines is 1. The molecule has 1 aromatic heterocycles. The van der Waals surface area contributed by atoms with Crippen LogP contribution in [0.1, 0.15) is 22.5 Å². The summed E-state index contributed by atoms with van der Waals surface area (Å²) in [5.74, 6) is 0. The maximum absolute atomic E-state index is 11.2. The topological polar surface area (TPSA) is 32.9 Å². The Labute approximate surface area is 120 Å². The molecule has 0 saturated heterocycles. The highest BCUT2D eigenvalue weighted by Gasteiger charge is 2.11. The van der Waals surface area contributed by atoms with Gasteiger partial charge in [-0.15, -0.1) is 0 Å². The van der Waals surface area contributed by atoms with Crippen molar-refractivity contribution < 1.29 is 9.28 Å². The van der Waals surface area contributed by atoms with Gasteiger partial charge >= 0.3 is 0 Å². The minimum atomic E-state index is 0.713. The van der Waals surface area contributed by atoms with Crippen LogP contribution in [0.5, 0.6) is 0 Å². The molecule has 0 bridgehead atoms. The van der Waals surface area contributed by atoms with Crippen molar-refractivity contribution in [1.29, 1.82) is 0 Å². The van der Waals surface area contributed by atoms with E-state index in [9.17, 15) is 4.79 Å². The molecule has 2 aromatic rings. The van der Waals surface area contributed by atoms with Crippen LogP contribution in [0.2, 0.25) is 0 Å². The molecule has 0 radical (unpaired) electrons. The highest BCUT2D eigenvalue weighted by atomic mass is 16.1. The van der Waals surface area contributed by atoms with Crippen LogP contribution in [0.15, 0.2) is 36.4 Å². The molecule has 0 amide bonds. The summed E-state index contributed by atoms with van der Waals surface area (Å²) < 4.78 is 0.951.